The highest BCUT2D eigenvalue weighted by atomic mass is 32.2. The number of ether oxygens (including phenoxy) is 1. The van der Waals surface area contributed by atoms with E-state index in [1.165, 1.54) is 56.6 Å². The fourth-order valence-electron chi connectivity index (χ4n) is 4.08. The second kappa shape index (κ2) is 10.1. The van der Waals surface area contributed by atoms with Gasteiger partial charge in [0.25, 0.3) is 11.8 Å². The van der Waals surface area contributed by atoms with Crippen molar-refractivity contribution in [3.05, 3.63) is 45.8 Å². The van der Waals surface area contributed by atoms with Crippen molar-refractivity contribution in [1.29, 1.82) is 0 Å². The summed E-state index contributed by atoms with van der Waals surface area (Å²) >= 11 is 1.30. The van der Waals surface area contributed by atoms with Gasteiger partial charge in [-0.25, -0.2) is 12.7 Å². The van der Waals surface area contributed by atoms with Crippen molar-refractivity contribution in [2.24, 2.45) is 0 Å². The van der Waals surface area contributed by atoms with Crippen LogP contribution in [0.5, 0.6) is 0 Å². The minimum absolute atomic E-state index is 0.0385. The second-order valence-corrected chi connectivity index (χ2v) is 11.8. The number of sulfonamides is 1. The standard InChI is InChI=1S/C23H28N4O6S2/c1-15(28)27-9-8-18-19(14-27)34-22(20(18)23(30)26-10-12-33-13-11-26)24-21(29)16-4-6-17(7-5-16)35(31,32)25(2)3/h4-7H,8-14H2,1-3H3,(H,24,29). The third-order valence-corrected chi connectivity index (χ3v) is 9.10. The van der Waals surface area contributed by atoms with Crippen LogP contribution in [0.25, 0.3) is 0 Å². The summed E-state index contributed by atoms with van der Waals surface area (Å²) in [5.74, 6) is -0.648. The van der Waals surface area contributed by atoms with Crippen LogP contribution in [0.4, 0.5) is 5.00 Å². The molecule has 35 heavy (non-hydrogen) atoms. The molecular weight excluding hydrogens is 492 g/mol. The minimum atomic E-state index is -3.61. The van der Waals surface area contributed by atoms with Gasteiger partial charge in [0.05, 0.1) is 30.2 Å². The molecule has 1 aromatic heterocycles. The normalized spacial score (nSPS) is 16.2. The summed E-state index contributed by atoms with van der Waals surface area (Å²) in [6, 6.07) is 5.66. The molecule has 10 nitrogen and oxygen atoms in total. The lowest BCUT2D eigenvalue weighted by Crippen LogP contribution is -2.41. The van der Waals surface area contributed by atoms with E-state index in [-0.39, 0.29) is 22.3 Å². The van der Waals surface area contributed by atoms with Gasteiger partial charge in [0.2, 0.25) is 15.9 Å². The maximum atomic E-state index is 13.5. The highest BCUT2D eigenvalue weighted by Gasteiger charge is 2.32. The number of nitrogens with one attached hydrogen (secondary N) is 1. The van der Waals surface area contributed by atoms with Gasteiger partial charge in [0.15, 0.2) is 0 Å². The van der Waals surface area contributed by atoms with Crippen LogP contribution in [-0.2, 0) is 32.5 Å². The van der Waals surface area contributed by atoms with Gasteiger partial charge in [0.1, 0.15) is 5.00 Å². The molecule has 2 aliphatic heterocycles. The van der Waals surface area contributed by atoms with Crippen molar-refractivity contribution < 1.29 is 27.5 Å². The molecule has 0 saturated carbocycles. The molecule has 1 aromatic carbocycles. The van der Waals surface area contributed by atoms with E-state index in [0.29, 0.717) is 56.4 Å². The average Bonchev–Trinajstić information content (AvgIpc) is 3.20. The Balaban J connectivity index is 1.64. The summed E-state index contributed by atoms with van der Waals surface area (Å²) in [6.07, 6.45) is 0.532. The van der Waals surface area contributed by atoms with E-state index < -0.39 is 15.9 Å². The van der Waals surface area contributed by atoms with E-state index in [1.807, 2.05) is 0 Å². The van der Waals surface area contributed by atoms with Gasteiger partial charge >= 0.3 is 0 Å². The fourth-order valence-corrected chi connectivity index (χ4v) is 6.23. The van der Waals surface area contributed by atoms with Crippen molar-refractivity contribution in [2.45, 2.75) is 24.8 Å². The number of hydrogen-bond acceptors (Lipinski definition) is 7. The second-order valence-electron chi connectivity index (χ2n) is 8.57. The van der Waals surface area contributed by atoms with Crippen molar-refractivity contribution in [3.63, 3.8) is 0 Å². The zero-order valence-electron chi connectivity index (χ0n) is 19.9. The molecule has 0 radical (unpaired) electrons. The van der Waals surface area contributed by atoms with Crippen molar-refractivity contribution >= 4 is 44.1 Å². The molecule has 12 heteroatoms. The number of fused-ring (bicyclic) bond motifs is 1. The Labute approximate surface area is 208 Å². The van der Waals surface area contributed by atoms with E-state index in [9.17, 15) is 22.8 Å². The first-order valence-corrected chi connectivity index (χ1v) is 13.5. The number of hydrogen-bond donors (Lipinski definition) is 1. The fraction of sp³-hybridized carbons (Fsp3) is 0.435. The maximum absolute atomic E-state index is 13.5. The molecule has 0 spiro atoms. The van der Waals surface area contributed by atoms with E-state index in [4.69, 9.17) is 4.74 Å². The van der Waals surface area contributed by atoms with Gasteiger partial charge in [-0.05, 0) is 36.2 Å². The third-order valence-electron chi connectivity index (χ3n) is 6.14. The largest absolute Gasteiger partial charge is 0.378 e. The van der Waals surface area contributed by atoms with Gasteiger partial charge in [-0.1, -0.05) is 0 Å². The molecule has 188 valence electrons. The zero-order valence-corrected chi connectivity index (χ0v) is 21.5. The zero-order chi connectivity index (χ0) is 25.3. The Bertz CT molecular complexity index is 1250. The van der Waals surface area contributed by atoms with Crippen LogP contribution in [0.15, 0.2) is 29.2 Å². The molecule has 0 aliphatic carbocycles. The number of rotatable bonds is 5. The van der Waals surface area contributed by atoms with Crippen molar-refractivity contribution in [1.82, 2.24) is 14.1 Å². The molecule has 0 unspecified atom stereocenters. The van der Waals surface area contributed by atoms with E-state index in [0.717, 1.165) is 14.7 Å². The molecule has 1 saturated heterocycles. The molecule has 4 rings (SSSR count). The van der Waals surface area contributed by atoms with Gasteiger partial charge in [-0.2, -0.15) is 0 Å². The Morgan fingerprint density at radius 1 is 1.03 bits per heavy atom. The molecule has 0 atom stereocenters. The van der Waals surface area contributed by atoms with Crippen LogP contribution in [0, 0.1) is 0 Å². The minimum Gasteiger partial charge on any atom is -0.378 e. The Hall–Kier alpha value is -2.80. The molecule has 1 N–H and O–H groups in total. The van der Waals surface area contributed by atoms with Gasteiger partial charge in [-0.3, -0.25) is 14.4 Å². The van der Waals surface area contributed by atoms with Crippen molar-refractivity contribution in [3.8, 4) is 0 Å². The summed E-state index contributed by atoms with van der Waals surface area (Å²) in [5.41, 5.74) is 1.60. The smallest absolute Gasteiger partial charge is 0.257 e. The Morgan fingerprint density at radius 3 is 2.29 bits per heavy atom. The van der Waals surface area contributed by atoms with Gasteiger partial charge in [0, 0.05) is 51.1 Å². The number of carbonyl (C=O) groups excluding carboxylic acids is 3. The first-order chi connectivity index (χ1) is 16.6. The summed E-state index contributed by atoms with van der Waals surface area (Å²) in [4.78, 5) is 42.9. The monoisotopic (exact) mass is 520 g/mol. The summed E-state index contributed by atoms with van der Waals surface area (Å²) in [7, 11) is -0.733. The Kier molecular flexibility index (Phi) is 7.27. The van der Waals surface area contributed by atoms with Crippen molar-refractivity contribution in [2.75, 3.05) is 52.3 Å². The predicted molar refractivity (Wildman–Crippen MR) is 131 cm³/mol. The van der Waals surface area contributed by atoms with E-state index >= 15 is 0 Å². The maximum Gasteiger partial charge on any atom is 0.257 e. The number of nitrogens with zero attached hydrogens (tertiary/aromatic N) is 3. The number of thiophene rings is 1. The lowest BCUT2D eigenvalue weighted by atomic mass is 10.0. The predicted octanol–water partition coefficient (Wildman–Crippen LogP) is 1.63. The lowest BCUT2D eigenvalue weighted by Gasteiger charge is -2.29. The highest BCUT2D eigenvalue weighted by molar-refractivity contribution is 7.89. The van der Waals surface area contributed by atoms with Gasteiger partial charge < -0.3 is 19.9 Å². The molecule has 0 bridgehead atoms. The molecule has 1 fully saturated rings. The summed E-state index contributed by atoms with van der Waals surface area (Å²) in [6.45, 7) is 4.28. The molecule has 3 amide bonds. The molecule has 2 aliphatic rings. The van der Waals surface area contributed by atoms with Crippen LogP contribution < -0.4 is 5.32 Å². The average molecular weight is 521 g/mol. The number of amides is 3. The van der Waals surface area contributed by atoms with Gasteiger partial charge in [-0.15, -0.1) is 11.3 Å². The number of carbonyl (C=O) groups is 3. The topological polar surface area (TPSA) is 116 Å². The Morgan fingerprint density at radius 2 is 1.69 bits per heavy atom. The molecular formula is C23H28N4O6S2. The van der Waals surface area contributed by atoms with Crippen LogP contribution in [0.1, 0.15) is 38.1 Å². The van der Waals surface area contributed by atoms with E-state index in [2.05, 4.69) is 5.32 Å². The van der Waals surface area contributed by atoms with Crippen LogP contribution in [0.3, 0.4) is 0 Å². The van der Waals surface area contributed by atoms with Crippen LogP contribution >= 0.6 is 11.3 Å². The summed E-state index contributed by atoms with van der Waals surface area (Å²) in [5, 5.41) is 3.30. The summed E-state index contributed by atoms with van der Waals surface area (Å²) < 4.78 is 31.1. The number of morpholine rings is 1. The van der Waals surface area contributed by atoms with Crippen LogP contribution in [0.2, 0.25) is 0 Å². The quantitative estimate of drug-likeness (QED) is 0.641. The molecule has 3 heterocycles. The first kappa shape index (κ1) is 25.3. The van der Waals surface area contributed by atoms with Crippen LogP contribution in [-0.4, -0.2) is 87.2 Å². The highest BCUT2D eigenvalue weighted by Crippen LogP contribution is 2.38. The first-order valence-electron chi connectivity index (χ1n) is 11.2. The molecule has 2 aromatic rings. The van der Waals surface area contributed by atoms with E-state index in [1.54, 1.807) is 9.80 Å². The lowest BCUT2D eigenvalue weighted by molar-refractivity contribution is -0.129. The SMILES string of the molecule is CC(=O)N1CCc2c(sc(NC(=O)c3ccc(S(=O)(=O)N(C)C)cc3)c2C(=O)N2CCOCC2)C1. The number of anilines is 1. The number of benzene rings is 1. The third kappa shape index (κ3) is 5.10.